The lowest BCUT2D eigenvalue weighted by molar-refractivity contribution is -0.150. The van der Waals surface area contributed by atoms with Crippen LogP contribution in [-0.4, -0.2) is 23.7 Å². The summed E-state index contributed by atoms with van der Waals surface area (Å²) in [5.41, 5.74) is 0.0999. The molecule has 1 aromatic rings. The number of aliphatic hydroxyl groups excluding tert-OH is 1. The van der Waals surface area contributed by atoms with E-state index in [9.17, 15) is 9.90 Å². The lowest BCUT2D eigenvalue weighted by Gasteiger charge is -2.29. The predicted octanol–water partition coefficient (Wildman–Crippen LogP) is 1.36. The van der Waals surface area contributed by atoms with Crippen LogP contribution in [-0.2, 0) is 9.53 Å². The van der Waals surface area contributed by atoms with Gasteiger partial charge in [-0.25, -0.2) is 4.79 Å². The van der Waals surface area contributed by atoms with Gasteiger partial charge in [0.1, 0.15) is 6.10 Å². The number of rotatable bonds is 3. The molecule has 2 atom stereocenters. The number of nitriles is 1. The first kappa shape index (κ1) is 12.4. The molecule has 0 aliphatic carbocycles. The largest absolute Gasteiger partial charge is 0.467 e. The second-order valence-electron chi connectivity index (χ2n) is 4.24. The zero-order valence-corrected chi connectivity index (χ0v) is 10.0. The number of nitrogens with zero attached hydrogens (tertiary/aromatic N) is 1. The van der Waals surface area contributed by atoms with Gasteiger partial charge < -0.3 is 15.2 Å². The van der Waals surface area contributed by atoms with E-state index in [0.29, 0.717) is 11.3 Å². The second kappa shape index (κ2) is 4.67. The van der Waals surface area contributed by atoms with E-state index in [1.807, 2.05) is 12.1 Å². The Morgan fingerprint density at radius 2 is 2.33 bits per heavy atom. The highest BCUT2D eigenvalue weighted by Gasteiger charge is 2.51. The summed E-state index contributed by atoms with van der Waals surface area (Å²) < 4.78 is 4.77. The highest BCUT2D eigenvalue weighted by molar-refractivity contribution is 5.89. The molecule has 1 aliphatic heterocycles. The third kappa shape index (κ3) is 1.71. The standard InChI is InChI=1S/C13H14N2O3/c1-18-12(17)13(7-4-8-14)11(16)9-5-2-3-6-10(9)15-13/h2-3,5-6,11,15-16H,4,7H2,1H3/t11-,13+/m0/s1. The van der Waals surface area contributed by atoms with E-state index < -0.39 is 17.6 Å². The Bertz CT molecular complexity index is 509. The second-order valence-corrected chi connectivity index (χ2v) is 4.24. The number of hydrogen-bond donors (Lipinski definition) is 2. The zero-order chi connectivity index (χ0) is 13.2. The monoisotopic (exact) mass is 246 g/mol. The lowest BCUT2D eigenvalue weighted by Crippen LogP contribution is -2.48. The van der Waals surface area contributed by atoms with E-state index in [0.717, 1.165) is 0 Å². The van der Waals surface area contributed by atoms with Crippen LogP contribution in [0.5, 0.6) is 0 Å². The number of methoxy groups -OCH3 is 1. The molecule has 0 spiro atoms. The number of para-hydroxylation sites is 1. The summed E-state index contributed by atoms with van der Waals surface area (Å²) in [5.74, 6) is -0.554. The third-order valence-electron chi connectivity index (χ3n) is 3.26. The highest BCUT2D eigenvalue weighted by Crippen LogP contribution is 2.44. The molecule has 2 N–H and O–H groups in total. The molecule has 1 aliphatic rings. The van der Waals surface area contributed by atoms with Crippen LogP contribution in [0.25, 0.3) is 0 Å². The molecule has 0 saturated carbocycles. The van der Waals surface area contributed by atoms with Crippen molar-refractivity contribution < 1.29 is 14.6 Å². The van der Waals surface area contributed by atoms with Crippen LogP contribution >= 0.6 is 0 Å². The summed E-state index contributed by atoms with van der Waals surface area (Å²) >= 11 is 0. The van der Waals surface area contributed by atoms with Crippen LogP contribution in [0, 0.1) is 11.3 Å². The molecule has 0 bridgehead atoms. The fourth-order valence-corrected chi connectivity index (χ4v) is 2.32. The number of anilines is 1. The fourth-order valence-electron chi connectivity index (χ4n) is 2.32. The summed E-state index contributed by atoms with van der Waals surface area (Å²) in [6, 6.07) is 9.14. The Hall–Kier alpha value is -2.06. The Balaban J connectivity index is 2.40. The summed E-state index contributed by atoms with van der Waals surface area (Å²) in [4.78, 5) is 12.0. The molecule has 1 aromatic carbocycles. The molecule has 18 heavy (non-hydrogen) atoms. The fraction of sp³-hybridized carbons (Fsp3) is 0.385. The Morgan fingerprint density at radius 3 is 2.94 bits per heavy atom. The van der Waals surface area contributed by atoms with Gasteiger partial charge in [0.15, 0.2) is 5.54 Å². The first-order valence-corrected chi connectivity index (χ1v) is 5.66. The SMILES string of the molecule is COC(=O)[C@]1(CCC#N)Nc2ccccc2[C@@H]1O. The van der Waals surface area contributed by atoms with Crippen LogP contribution in [0.3, 0.4) is 0 Å². The van der Waals surface area contributed by atoms with Crippen molar-refractivity contribution in [2.75, 3.05) is 12.4 Å². The van der Waals surface area contributed by atoms with Crippen LogP contribution < -0.4 is 5.32 Å². The molecule has 0 amide bonds. The maximum atomic E-state index is 12.0. The van der Waals surface area contributed by atoms with Crippen molar-refractivity contribution >= 4 is 11.7 Å². The van der Waals surface area contributed by atoms with Crippen molar-refractivity contribution in [1.29, 1.82) is 5.26 Å². The van der Waals surface area contributed by atoms with Gasteiger partial charge in [0.25, 0.3) is 0 Å². The molecule has 0 saturated heterocycles. The minimum absolute atomic E-state index is 0.160. The van der Waals surface area contributed by atoms with E-state index in [4.69, 9.17) is 10.00 Å². The van der Waals surface area contributed by atoms with Crippen molar-refractivity contribution in [3.05, 3.63) is 29.8 Å². The number of ether oxygens (including phenoxy) is 1. The topological polar surface area (TPSA) is 82.4 Å². The Morgan fingerprint density at radius 1 is 1.61 bits per heavy atom. The summed E-state index contributed by atoms with van der Waals surface area (Å²) in [5, 5.41) is 22.0. The molecular formula is C13H14N2O3. The Kier molecular flexibility index (Phi) is 3.21. The number of fused-ring (bicyclic) bond motifs is 1. The van der Waals surface area contributed by atoms with Gasteiger partial charge in [0.2, 0.25) is 0 Å². The van der Waals surface area contributed by atoms with Crippen LogP contribution in [0.1, 0.15) is 24.5 Å². The van der Waals surface area contributed by atoms with Crippen molar-refractivity contribution in [1.82, 2.24) is 0 Å². The average molecular weight is 246 g/mol. The number of nitrogens with one attached hydrogen (secondary N) is 1. The molecule has 0 aromatic heterocycles. The van der Waals surface area contributed by atoms with Crippen LogP contribution in [0.4, 0.5) is 5.69 Å². The molecule has 5 nitrogen and oxygen atoms in total. The minimum atomic E-state index is -1.26. The summed E-state index contributed by atoms with van der Waals surface area (Å²) in [7, 11) is 1.27. The summed E-state index contributed by atoms with van der Waals surface area (Å²) in [6.45, 7) is 0. The van der Waals surface area contributed by atoms with Gasteiger partial charge in [-0.2, -0.15) is 5.26 Å². The van der Waals surface area contributed by atoms with Gasteiger partial charge >= 0.3 is 5.97 Å². The first-order chi connectivity index (χ1) is 8.65. The van der Waals surface area contributed by atoms with Gasteiger partial charge in [-0.05, 0) is 12.5 Å². The van der Waals surface area contributed by atoms with Gasteiger partial charge in [-0.3, -0.25) is 0 Å². The van der Waals surface area contributed by atoms with E-state index >= 15 is 0 Å². The highest BCUT2D eigenvalue weighted by atomic mass is 16.5. The number of carbonyl (C=O) groups is 1. The van der Waals surface area contributed by atoms with Crippen molar-refractivity contribution in [3.63, 3.8) is 0 Å². The number of carbonyl (C=O) groups excluding carboxylic acids is 1. The molecule has 94 valence electrons. The maximum Gasteiger partial charge on any atom is 0.334 e. The summed E-state index contributed by atoms with van der Waals surface area (Å²) in [6.07, 6.45) is -0.645. The van der Waals surface area contributed by atoms with Crippen LogP contribution in [0.2, 0.25) is 0 Å². The normalized spacial score (nSPS) is 24.8. The van der Waals surface area contributed by atoms with Gasteiger partial charge in [-0.1, -0.05) is 18.2 Å². The van der Waals surface area contributed by atoms with Crippen LogP contribution in [0.15, 0.2) is 24.3 Å². The quantitative estimate of drug-likeness (QED) is 0.787. The number of aliphatic hydroxyl groups is 1. The number of esters is 1. The first-order valence-electron chi connectivity index (χ1n) is 5.66. The van der Waals surface area contributed by atoms with Gasteiger partial charge in [0.05, 0.1) is 13.2 Å². The molecular weight excluding hydrogens is 232 g/mol. The average Bonchev–Trinajstić information content (AvgIpc) is 2.70. The van der Waals surface area contributed by atoms with E-state index in [2.05, 4.69) is 5.32 Å². The van der Waals surface area contributed by atoms with Crippen molar-refractivity contribution in [3.8, 4) is 6.07 Å². The third-order valence-corrected chi connectivity index (χ3v) is 3.26. The molecule has 5 heteroatoms. The predicted molar refractivity (Wildman–Crippen MR) is 64.6 cm³/mol. The molecule has 0 radical (unpaired) electrons. The van der Waals surface area contributed by atoms with Crippen molar-refractivity contribution in [2.24, 2.45) is 0 Å². The smallest absolute Gasteiger partial charge is 0.334 e. The van der Waals surface area contributed by atoms with E-state index in [1.165, 1.54) is 7.11 Å². The molecule has 0 fully saturated rings. The molecule has 0 unspecified atom stereocenters. The minimum Gasteiger partial charge on any atom is -0.467 e. The number of benzene rings is 1. The molecule has 1 heterocycles. The molecule has 2 rings (SSSR count). The van der Waals surface area contributed by atoms with Gasteiger partial charge in [-0.15, -0.1) is 0 Å². The van der Waals surface area contributed by atoms with Crippen molar-refractivity contribution in [2.45, 2.75) is 24.5 Å². The maximum absolute atomic E-state index is 12.0. The van der Waals surface area contributed by atoms with E-state index in [-0.39, 0.29) is 12.8 Å². The lowest BCUT2D eigenvalue weighted by atomic mass is 9.87. The van der Waals surface area contributed by atoms with Gasteiger partial charge in [0, 0.05) is 17.7 Å². The Labute approximate surface area is 105 Å². The zero-order valence-electron chi connectivity index (χ0n) is 10.0. The van der Waals surface area contributed by atoms with E-state index in [1.54, 1.807) is 18.2 Å². The number of hydrogen-bond acceptors (Lipinski definition) is 5.